The van der Waals surface area contributed by atoms with Crippen molar-refractivity contribution in [1.29, 1.82) is 0 Å². The van der Waals surface area contributed by atoms with Gasteiger partial charge in [0.05, 0.1) is 16.3 Å². The Labute approximate surface area is 143 Å². The predicted octanol–water partition coefficient (Wildman–Crippen LogP) is 3.45. The molecule has 1 aromatic carbocycles. The molecule has 3 aromatic heterocycles. The molecular formula is C17H16N6S. The van der Waals surface area contributed by atoms with Crippen LogP contribution in [0.25, 0.3) is 26.6 Å². The van der Waals surface area contributed by atoms with Crippen molar-refractivity contribution in [2.45, 2.75) is 20.8 Å². The molecule has 24 heavy (non-hydrogen) atoms. The number of rotatable bonds is 2. The summed E-state index contributed by atoms with van der Waals surface area (Å²) in [5.41, 5.74) is 11.3. The second-order valence-electron chi connectivity index (χ2n) is 5.86. The maximum absolute atomic E-state index is 6.41. The topological polar surface area (TPSA) is 82.5 Å². The Morgan fingerprint density at radius 2 is 1.83 bits per heavy atom. The highest BCUT2D eigenvalue weighted by molar-refractivity contribution is 7.22. The lowest BCUT2D eigenvalue weighted by atomic mass is 10.1. The van der Waals surface area contributed by atoms with E-state index in [0.717, 1.165) is 32.0 Å². The van der Waals surface area contributed by atoms with Crippen LogP contribution in [0, 0.1) is 20.8 Å². The highest BCUT2D eigenvalue weighted by atomic mass is 32.1. The van der Waals surface area contributed by atoms with E-state index in [9.17, 15) is 0 Å². The normalized spacial score (nSPS) is 11.3. The number of nitrogens with zero attached hydrogens (tertiary/aromatic N) is 5. The minimum atomic E-state index is 0.636. The first-order chi connectivity index (χ1) is 11.5. The molecule has 0 saturated heterocycles. The lowest BCUT2D eigenvalue weighted by molar-refractivity contribution is 0.791. The number of nitrogens with two attached hydrogens (primary N) is 1. The molecule has 7 heteroatoms. The quantitative estimate of drug-likeness (QED) is 0.606. The lowest BCUT2D eigenvalue weighted by Crippen LogP contribution is -2.00. The van der Waals surface area contributed by atoms with E-state index in [1.165, 1.54) is 16.9 Å². The maximum atomic E-state index is 6.41. The largest absolute Gasteiger partial charge is 0.397 e. The lowest BCUT2D eigenvalue weighted by Gasteiger charge is -2.04. The third-order valence-corrected chi connectivity index (χ3v) is 5.07. The van der Waals surface area contributed by atoms with E-state index in [-0.39, 0.29) is 0 Å². The number of aryl methyl sites for hydroxylation is 3. The van der Waals surface area contributed by atoms with Gasteiger partial charge < -0.3 is 5.73 Å². The molecule has 3 heterocycles. The van der Waals surface area contributed by atoms with Gasteiger partial charge in [0.2, 0.25) is 0 Å². The van der Waals surface area contributed by atoms with E-state index in [1.807, 2.05) is 51.1 Å². The third kappa shape index (κ3) is 2.25. The summed E-state index contributed by atoms with van der Waals surface area (Å²) < 4.78 is 1.71. The van der Waals surface area contributed by atoms with Crippen molar-refractivity contribution >= 4 is 27.2 Å². The number of hydrogen-bond donors (Lipinski definition) is 1. The number of nitrogen functional groups attached to an aromatic ring is 1. The first-order valence-electron chi connectivity index (χ1n) is 7.56. The Kier molecular flexibility index (Phi) is 3.31. The number of aromatic nitrogens is 5. The van der Waals surface area contributed by atoms with Crippen molar-refractivity contribution in [1.82, 2.24) is 25.2 Å². The molecule has 0 amide bonds. The highest BCUT2D eigenvalue weighted by Gasteiger charge is 2.20. The van der Waals surface area contributed by atoms with Crippen LogP contribution in [0.3, 0.4) is 0 Å². The SMILES string of the molecule is Cc1ccc(-n2nnnc2-c2sc3nc(C)cc(C)c3c2N)cc1. The van der Waals surface area contributed by atoms with Gasteiger partial charge in [0.25, 0.3) is 0 Å². The third-order valence-electron chi connectivity index (χ3n) is 3.98. The molecule has 0 atom stereocenters. The van der Waals surface area contributed by atoms with Gasteiger partial charge in [0, 0.05) is 11.1 Å². The Bertz CT molecular complexity index is 1050. The van der Waals surface area contributed by atoms with E-state index < -0.39 is 0 Å². The summed E-state index contributed by atoms with van der Waals surface area (Å²) in [5, 5.41) is 13.2. The number of thiophene rings is 1. The Balaban J connectivity index is 1.93. The van der Waals surface area contributed by atoms with E-state index in [2.05, 4.69) is 20.5 Å². The Morgan fingerprint density at radius 3 is 2.58 bits per heavy atom. The highest BCUT2D eigenvalue weighted by Crippen LogP contribution is 2.40. The molecule has 4 aromatic rings. The molecule has 0 aliphatic heterocycles. The minimum absolute atomic E-state index is 0.636. The fraction of sp³-hybridized carbons (Fsp3) is 0.176. The fourth-order valence-corrected chi connectivity index (χ4v) is 4.01. The van der Waals surface area contributed by atoms with Gasteiger partial charge in [-0.15, -0.1) is 16.4 Å². The van der Waals surface area contributed by atoms with Gasteiger partial charge in [0.15, 0.2) is 5.82 Å². The average Bonchev–Trinajstić information content (AvgIpc) is 3.12. The molecular weight excluding hydrogens is 320 g/mol. The van der Waals surface area contributed by atoms with E-state index in [0.29, 0.717) is 11.5 Å². The zero-order valence-corrected chi connectivity index (χ0v) is 14.4. The van der Waals surface area contributed by atoms with Crippen molar-refractivity contribution < 1.29 is 0 Å². The van der Waals surface area contributed by atoms with Crippen molar-refractivity contribution in [3.8, 4) is 16.4 Å². The van der Waals surface area contributed by atoms with Crippen molar-refractivity contribution in [3.05, 3.63) is 47.2 Å². The van der Waals surface area contributed by atoms with Crippen LogP contribution in [0.5, 0.6) is 0 Å². The monoisotopic (exact) mass is 336 g/mol. The molecule has 0 fully saturated rings. The summed E-state index contributed by atoms with van der Waals surface area (Å²) in [4.78, 5) is 6.36. The van der Waals surface area contributed by atoms with Gasteiger partial charge in [-0.1, -0.05) is 17.7 Å². The van der Waals surface area contributed by atoms with Crippen molar-refractivity contribution in [3.63, 3.8) is 0 Å². The van der Waals surface area contributed by atoms with Gasteiger partial charge >= 0.3 is 0 Å². The average molecular weight is 336 g/mol. The van der Waals surface area contributed by atoms with Crippen LogP contribution in [-0.4, -0.2) is 25.2 Å². The molecule has 0 unspecified atom stereocenters. The first-order valence-corrected chi connectivity index (χ1v) is 8.38. The smallest absolute Gasteiger partial charge is 0.199 e. The second kappa shape index (κ2) is 5.38. The number of anilines is 1. The van der Waals surface area contributed by atoms with Crippen LogP contribution in [0.15, 0.2) is 30.3 Å². The summed E-state index contributed by atoms with van der Waals surface area (Å²) >= 11 is 1.52. The van der Waals surface area contributed by atoms with Gasteiger partial charge in [0.1, 0.15) is 4.83 Å². The van der Waals surface area contributed by atoms with Gasteiger partial charge in [-0.05, 0) is 55.0 Å². The molecule has 0 bridgehead atoms. The summed E-state index contributed by atoms with van der Waals surface area (Å²) in [6.07, 6.45) is 0. The van der Waals surface area contributed by atoms with E-state index >= 15 is 0 Å². The maximum Gasteiger partial charge on any atom is 0.199 e. The van der Waals surface area contributed by atoms with E-state index in [1.54, 1.807) is 4.68 Å². The molecule has 0 radical (unpaired) electrons. The Morgan fingerprint density at radius 1 is 1.08 bits per heavy atom. The van der Waals surface area contributed by atoms with Gasteiger partial charge in [-0.2, -0.15) is 4.68 Å². The molecule has 0 aliphatic rings. The van der Waals surface area contributed by atoms with Crippen molar-refractivity contribution in [2.75, 3.05) is 5.73 Å². The zero-order chi connectivity index (χ0) is 16.8. The van der Waals surface area contributed by atoms with Crippen LogP contribution < -0.4 is 5.73 Å². The molecule has 120 valence electrons. The zero-order valence-electron chi connectivity index (χ0n) is 13.6. The van der Waals surface area contributed by atoms with Crippen LogP contribution in [0.4, 0.5) is 5.69 Å². The fourth-order valence-electron chi connectivity index (χ4n) is 2.82. The molecule has 0 aliphatic carbocycles. The minimum Gasteiger partial charge on any atom is -0.397 e. The summed E-state index contributed by atoms with van der Waals surface area (Å²) in [6, 6.07) is 10.1. The van der Waals surface area contributed by atoms with E-state index in [4.69, 9.17) is 5.73 Å². The predicted molar refractivity (Wildman–Crippen MR) is 96.4 cm³/mol. The summed E-state index contributed by atoms with van der Waals surface area (Å²) in [5.74, 6) is 0.636. The number of fused-ring (bicyclic) bond motifs is 1. The van der Waals surface area contributed by atoms with Crippen LogP contribution in [-0.2, 0) is 0 Å². The molecule has 0 spiro atoms. The summed E-state index contributed by atoms with van der Waals surface area (Å²) in [7, 11) is 0. The van der Waals surface area contributed by atoms with Gasteiger partial charge in [-0.3, -0.25) is 0 Å². The van der Waals surface area contributed by atoms with Crippen LogP contribution >= 0.6 is 11.3 Å². The second-order valence-corrected chi connectivity index (χ2v) is 6.85. The molecule has 4 rings (SSSR count). The summed E-state index contributed by atoms with van der Waals surface area (Å²) in [6.45, 7) is 6.08. The first kappa shape index (κ1) is 14.8. The van der Waals surface area contributed by atoms with Crippen LogP contribution in [0.2, 0.25) is 0 Å². The van der Waals surface area contributed by atoms with Gasteiger partial charge in [-0.25, -0.2) is 4.98 Å². The Hall–Kier alpha value is -2.80. The number of hydrogen-bond acceptors (Lipinski definition) is 6. The van der Waals surface area contributed by atoms with Crippen LogP contribution in [0.1, 0.15) is 16.8 Å². The molecule has 6 nitrogen and oxygen atoms in total. The molecule has 0 saturated carbocycles. The molecule has 2 N–H and O–H groups in total. The standard InChI is InChI=1S/C17H16N6S/c1-9-4-6-12(7-5-9)23-16(20-21-22-23)15-14(18)13-10(2)8-11(3)19-17(13)24-15/h4-8H,18H2,1-3H3. The van der Waals surface area contributed by atoms with Crippen molar-refractivity contribution in [2.24, 2.45) is 0 Å². The number of benzene rings is 1. The number of tetrazole rings is 1. The number of pyridine rings is 1.